The quantitative estimate of drug-likeness (QED) is 0.870. The van der Waals surface area contributed by atoms with Gasteiger partial charge in [-0.1, -0.05) is 19.1 Å². The maximum atomic E-state index is 11.6. The Labute approximate surface area is 114 Å². The van der Waals surface area contributed by atoms with E-state index in [0.29, 0.717) is 11.6 Å². The largest absolute Gasteiger partial charge is 0.455 e. The summed E-state index contributed by atoms with van der Waals surface area (Å²) < 4.78 is 5.74. The topological polar surface area (TPSA) is 55.4 Å². The molecule has 1 aromatic carbocycles. The molecule has 1 aliphatic rings. The van der Waals surface area contributed by atoms with Crippen LogP contribution in [0, 0.1) is 11.8 Å². The lowest BCUT2D eigenvalue weighted by Crippen LogP contribution is -2.21. The van der Waals surface area contributed by atoms with Crippen molar-refractivity contribution in [3.63, 3.8) is 0 Å². The Morgan fingerprint density at radius 2 is 2.11 bits per heavy atom. The third-order valence-electron chi connectivity index (χ3n) is 2.91. The van der Waals surface area contributed by atoms with E-state index in [1.165, 1.54) is 0 Å². The summed E-state index contributed by atoms with van der Waals surface area (Å²) in [5.41, 5.74) is 0.665. The van der Waals surface area contributed by atoms with Crippen LogP contribution in [0.5, 0.6) is 0 Å². The van der Waals surface area contributed by atoms with Crippen LogP contribution in [0.25, 0.3) is 0 Å². The molecule has 1 saturated carbocycles. The van der Waals surface area contributed by atoms with Crippen LogP contribution in [0.4, 0.5) is 5.69 Å². The molecule has 1 N–H and O–H groups in total. The molecular weight excluding hydrogens is 298 g/mol. The lowest BCUT2D eigenvalue weighted by Gasteiger charge is -2.07. The molecule has 0 aliphatic heterocycles. The van der Waals surface area contributed by atoms with Crippen molar-refractivity contribution < 1.29 is 14.3 Å². The van der Waals surface area contributed by atoms with Gasteiger partial charge >= 0.3 is 5.97 Å². The third-order valence-corrected chi connectivity index (χ3v) is 3.60. The summed E-state index contributed by atoms with van der Waals surface area (Å²) in [6.45, 7) is 1.76. The smallest absolute Gasteiger partial charge is 0.309 e. The first-order chi connectivity index (χ1) is 8.58. The van der Waals surface area contributed by atoms with Crippen molar-refractivity contribution in [3.8, 4) is 0 Å². The molecule has 1 fully saturated rings. The van der Waals surface area contributed by atoms with Crippen LogP contribution in [-0.4, -0.2) is 18.5 Å². The number of halogens is 1. The minimum atomic E-state index is -0.330. The number of benzene rings is 1. The maximum absolute atomic E-state index is 11.6. The first-order valence-corrected chi connectivity index (χ1v) is 6.58. The van der Waals surface area contributed by atoms with E-state index >= 15 is 0 Å². The number of ether oxygens (including phenoxy) is 1. The van der Waals surface area contributed by atoms with E-state index in [1.807, 2.05) is 25.1 Å². The highest BCUT2D eigenvalue weighted by atomic mass is 79.9. The van der Waals surface area contributed by atoms with Gasteiger partial charge in [0.15, 0.2) is 6.61 Å². The normalized spacial score (nSPS) is 21.2. The van der Waals surface area contributed by atoms with Crippen molar-refractivity contribution in [1.29, 1.82) is 0 Å². The van der Waals surface area contributed by atoms with Crippen molar-refractivity contribution in [3.05, 3.63) is 28.7 Å². The predicted molar refractivity (Wildman–Crippen MR) is 71.0 cm³/mol. The van der Waals surface area contributed by atoms with Crippen LogP contribution in [0.15, 0.2) is 28.7 Å². The Morgan fingerprint density at radius 1 is 1.44 bits per heavy atom. The summed E-state index contributed by atoms with van der Waals surface area (Å²) in [5.74, 6) is -0.224. The van der Waals surface area contributed by atoms with Gasteiger partial charge in [-0.15, -0.1) is 0 Å². The average molecular weight is 312 g/mol. The molecule has 2 atom stereocenters. The lowest BCUT2D eigenvalue weighted by atomic mass is 10.3. The van der Waals surface area contributed by atoms with E-state index < -0.39 is 0 Å². The van der Waals surface area contributed by atoms with Gasteiger partial charge in [-0.25, -0.2) is 0 Å². The highest BCUT2D eigenvalue weighted by Gasteiger charge is 2.40. The predicted octanol–water partition coefficient (Wildman–Crippen LogP) is 2.59. The summed E-state index contributed by atoms with van der Waals surface area (Å²) in [6, 6.07) is 7.27. The van der Waals surface area contributed by atoms with Crippen molar-refractivity contribution in [1.82, 2.24) is 0 Å². The Bertz CT molecular complexity index is 475. The van der Waals surface area contributed by atoms with Crippen LogP contribution in [0.1, 0.15) is 13.3 Å². The molecule has 0 bridgehead atoms. The minimum Gasteiger partial charge on any atom is -0.455 e. The molecule has 96 valence electrons. The number of amides is 1. The number of carbonyl (C=O) groups is 2. The van der Waals surface area contributed by atoms with Gasteiger partial charge in [0.2, 0.25) is 0 Å². The molecule has 0 heterocycles. The number of rotatable bonds is 4. The molecule has 2 rings (SSSR count). The lowest BCUT2D eigenvalue weighted by molar-refractivity contribution is -0.148. The number of carbonyl (C=O) groups excluding carboxylic acids is 2. The number of hydrogen-bond donors (Lipinski definition) is 1. The second kappa shape index (κ2) is 5.52. The molecule has 0 saturated heterocycles. The fourth-order valence-electron chi connectivity index (χ4n) is 1.64. The van der Waals surface area contributed by atoms with E-state index in [4.69, 9.17) is 4.74 Å². The average Bonchev–Trinajstić information content (AvgIpc) is 3.06. The highest BCUT2D eigenvalue weighted by Crippen LogP contribution is 2.38. The molecule has 0 spiro atoms. The fourth-order valence-corrected chi connectivity index (χ4v) is 2.03. The number of esters is 1. The van der Waals surface area contributed by atoms with Gasteiger partial charge in [-0.3, -0.25) is 9.59 Å². The Morgan fingerprint density at radius 3 is 2.72 bits per heavy atom. The number of anilines is 1. The molecular formula is C13H14BrNO3. The SMILES string of the molecule is CC1CC1C(=O)OCC(=O)Nc1ccccc1Br. The Kier molecular flexibility index (Phi) is 4.01. The minimum absolute atomic E-state index is 0.0127. The van der Waals surface area contributed by atoms with Gasteiger partial charge in [0.25, 0.3) is 5.91 Å². The first kappa shape index (κ1) is 13.1. The number of para-hydroxylation sites is 1. The highest BCUT2D eigenvalue weighted by molar-refractivity contribution is 9.10. The van der Waals surface area contributed by atoms with E-state index in [0.717, 1.165) is 10.9 Å². The molecule has 0 aromatic heterocycles. The number of hydrogen-bond acceptors (Lipinski definition) is 3. The second-order valence-corrected chi connectivity index (χ2v) is 5.31. The van der Waals surface area contributed by atoms with Crippen molar-refractivity contribution in [2.75, 3.05) is 11.9 Å². The summed E-state index contributed by atoms with van der Waals surface area (Å²) in [4.78, 5) is 23.0. The fraction of sp³-hybridized carbons (Fsp3) is 0.385. The summed E-state index contributed by atoms with van der Waals surface area (Å²) >= 11 is 3.32. The van der Waals surface area contributed by atoms with Crippen LogP contribution in [-0.2, 0) is 14.3 Å². The molecule has 1 amide bonds. The van der Waals surface area contributed by atoms with Gasteiger partial charge in [-0.2, -0.15) is 0 Å². The molecule has 1 aromatic rings. The molecule has 1 aliphatic carbocycles. The van der Waals surface area contributed by atoms with Crippen LogP contribution in [0.2, 0.25) is 0 Å². The molecule has 0 radical (unpaired) electrons. The zero-order valence-corrected chi connectivity index (χ0v) is 11.6. The van der Waals surface area contributed by atoms with Gasteiger partial charge in [-0.05, 0) is 40.4 Å². The summed E-state index contributed by atoms with van der Waals surface area (Å²) in [6.07, 6.45) is 0.866. The van der Waals surface area contributed by atoms with E-state index in [-0.39, 0.29) is 24.4 Å². The van der Waals surface area contributed by atoms with E-state index in [2.05, 4.69) is 21.2 Å². The summed E-state index contributed by atoms with van der Waals surface area (Å²) in [7, 11) is 0. The van der Waals surface area contributed by atoms with Crippen molar-refractivity contribution in [2.24, 2.45) is 11.8 Å². The van der Waals surface area contributed by atoms with Crippen molar-refractivity contribution >= 4 is 33.5 Å². The first-order valence-electron chi connectivity index (χ1n) is 5.79. The van der Waals surface area contributed by atoms with Crippen molar-refractivity contribution in [2.45, 2.75) is 13.3 Å². The van der Waals surface area contributed by atoms with Gasteiger partial charge < -0.3 is 10.1 Å². The summed E-state index contributed by atoms with van der Waals surface area (Å²) in [5, 5.41) is 2.67. The molecule has 18 heavy (non-hydrogen) atoms. The monoisotopic (exact) mass is 311 g/mol. The third kappa shape index (κ3) is 3.32. The molecule has 4 nitrogen and oxygen atoms in total. The van der Waals surface area contributed by atoms with Crippen LogP contribution < -0.4 is 5.32 Å². The standard InChI is InChI=1S/C13H14BrNO3/c1-8-6-9(8)13(17)18-7-12(16)15-11-5-3-2-4-10(11)14/h2-5,8-9H,6-7H2,1H3,(H,15,16). The second-order valence-electron chi connectivity index (χ2n) is 4.46. The van der Waals surface area contributed by atoms with Gasteiger partial charge in [0.1, 0.15) is 0 Å². The van der Waals surface area contributed by atoms with Gasteiger partial charge in [0.05, 0.1) is 11.6 Å². The Hall–Kier alpha value is -1.36. The van der Waals surface area contributed by atoms with E-state index in [1.54, 1.807) is 6.07 Å². The van der Waals surface area contributed by atoms with E-state index in [9.17, 15) is 9.59 Å². The van der Waals surface area contributed by atoms with Crippen LogP contribution in [0.3, 0.4) is 0 Å². The molecule has 5 heteroatoms. The number of nitrogens with one attached hydrogen (secondary N) is 1. The van der Waals surface area contributed by atoms with Gasteiger partial charge in [0, 0.05) is 4.47 Å². The zero-order valence-electron chi connectivity index (χ0n) is 9.98. The Balaban J connectivity index is 1.79. The maximum Gasteiger partial charge on any atom is 0.309 e. The van der Waals surface area contributed by atoms with Crippen LogP contribution >= 0.6 is 15.9 Å². The zero-order chi connectivity index (χ0) is 13.1. The molecule has 2 unspecified atom stereocenters.